The molecule has 162 valence electrons. The Morgan fingerprint density at radius 3 is 2.80 bits per heavy atom. The summed E-state index contributed by atoms with van der Waals surface area (Å²) < 4.78 is 2.30. The first-order valence-corrected chi connectivity index (χ1v) is 11.5. The lowest BCUT2D eigenvalue weighted by Crippen LogP contribution is -2.45. The number of nitrogens with one attached hydrogen (secondary N) is 2. The standard InChI is InChI=1S/C24H35N5O/c1-25-24(26-14-7-15-28-16-12-19-8-5-6-11-22(19)28)27-21-13-17-29(18-21)23(30)20-9-3-2-4-10-20/h5-6,8,11-12,16,20-21H,2-4,7,9-10,13-15,17-18H2,1H3,(H2,25,26,27). The number of para-hydroxylation sites is 1. The molecule has 2 heterocycles. The molecule has 2 aliphatic rings. The number of benzene rings is 1. The molecule has 1 amide bonds. The van der Waals surface area contributed by atoms with Crippen LogP contribution < -0.4 is 10.6 Å². The van der Waals surface area contributed by atoms with E-state index in [1.807, 2.05) is 7.05 Å². The van der Waals surface area contributed by atoms with Crippen LogP contribution in [0.2, 0.25) is 0 Å². The molecule has 0 spiro atoms. The lowest BCUT2D eigenvalue weighted by atomic mass is 9.88. The maximum absolute atomic E-state index is 12.8. The summed E-state index contributed by atoms with van der Waals surface area (Å²) in [5, 5.41) is 8.24. The number of aryl methyl sites for hydroxylation is 1. The first-order chi connectivity index (χ1) is 14.7. The SMILES string of the molecule is CN=C(NCCCn1ccc2ccccc21)NC1CCN(C(=O)C2CCCCC2)C1. The fraction of sp³-hybridized carbons (Fsp3) is 0.583. The van der Waals surface area contributed by atoms with Gasteiger partial charge < -0.3 is 20.1 Å². The number of hydrogen-bond acceptors (Lipinski definition) is 2. The molecule has 0 bridgehead atoms. The highest BCUT2D eigenvalue weighted by Gasteiger charge is 2.31. The van der Waals surface area contributed by atoms with Crippen LogP contribution in [-0.4, -0.2) is 54.1 Å². The molecule has 1 unspecified atom stereocenters. The summed E-state index contributed by atoms with van der Waals surface area (Å²) in [6, 6.07) is 11.0. The van der Waals surface area contributed by atoms with Crippen molar-refractivity contribution < 1.29 is 4.79 Å². The van der Waals surface area contributed by atoms with E-state index < -0.39 is 0 Å². The molecule has 1 aliphatic carbocycles. The number of guanidine groups is 1. The van der Waals surface area contributed by atoms with Crippen molar-refractivity contribution in [2.75, 3.05) is 26.7 Å². The normalized spacial score (nSPS) is 20.6. The number of amides is 1. The smallest absolute Gasteiger partial charge is 0.225 e. The Bertz CT molecular complexity index is 867. The summed E-state index contributed by atoms with van der Waals surface area (Å²) in [7, 11) is 1.81. The fourth-order valence-electron chi connectivity index (χ4n) is 4.87. The van der Waals surface area contributed by atoms with E-state index in [9.17, 15) is 4.79 Å². The molecule has 2 fully saturated rings. The zero-order valence-corrected chi connectivity index (χ0v) is 18.1. The third-order valence-corrected chi connectivity index (χ3v) is 6.57. The fourth-order valence-corrected chi connectivity index (χ4v) is 4.87. The third-order valence-electron chi connectivity index (χ3n) is 6.57. The van der Waals surface area contributed by atoms with Gasteiger partial charge in [-0.25, -0.2) is 0 Å². The van der Waals surface area contributed by atoms with Gasteiger partial charge in [0.05, 0.1) is 0 Å². The second-order valence-corrected chi connectivity index (χ2v) is 8.67. The molecular formula is C24H35N5O. The molecule has 1 atom stereocenters. The topological polar surface area (TPSA) is 61.7 Å². The number of fused-ring (bicyclic) bond motifs is 1. The van der Waals surface area contributed by atoms with E-state index in [0.717, 1.165) is 57.8 Å². The zero-order valence-electron chi connectivity index (χ0n) is 18.1. The largest absolute Gasteiger partial charge is 0.356 e. The van der Waals surface area contributed by atoms with E-state index >= 15 is 0 Å². The van der Waals surface area contributed by atoms with Crippen molar-refractivity contribution in [1.82, 2.24) is 20.1 Å². The van der Waals surface area contributed by atoms with E-state index in [1.165, 1.54) is 30.2 Å². The summed E-state index contributed by atoms with van der Waals surface area (Å²) in [6.07, 6.45) is 10.0. The summed E-state index contributed by atoms with van der Waals surface area (Å²) in [4.78, 5) is 19.2. The van der Waals surface area contributed by atoms with Gasteiger partial charge >= 0.3 is 0 Å². The number of rotatable bonds is 6. The van der Waals surface area contributed by atoms with Crippen molar-refractivity contribution in [2.24, 2.45) is 10.9 Å². The number of likely N-dealkylation sites (tertiary alicyclic amines) is 1. The summed E-state index contributed by atoms with van der Waals surface area (Å²) in [5.41, 5.74) is 1.29. The van der Waals surface area contributed by atoms with Gasteiger partial charge in [-0.15, -0.1) is 0 Å². The minimum atomic E-state index is 0.264. The van der Waals surface area contributed by atoms with Gasteiger partial charge in [-0.1, -0.05) is 37.5 Å². The van der Waals surface area contributed by atoms with Gasteiger partial charge in [0, 0.05) is 56.9 Å². The van der Waals surface area contributed by atoms with Gasteiger partial charge in [0.2, 0.25) is 5.91 Å². The van der Waals surface area contributed by atoms with Crippen LogP contribution in [0.15, 0.2) is 41.5 Å². The highest BCUT2D eigenvalue weighted by molar-refractivity contribution is 5.81. The lowest BCUT2D eigenvalue weighted by molar-refractivity contribution is -0.135. The van der Waals surface area contributed by atoms with Crippen molar-refractivity contribution in [1.29, 1.82) is 0 Å². The Hall–Kier alpha value is -2.50. The van der Waals surface area contributed by atoms with Crippen molar-refractivity contribution in [3.05, 3.63) is 36.5 Å². The number of carbonyl (C=O) groups is 1. The molecule has 1 saturated heterocycles. The summed E-state index contributed by atoms with van der Waals surface area (Å²) in [6.45, 7) is 3.50. The van der Waals surface area contributed by atoms with Crippen LogP contribution in [0.5, 0.6) is 0 Å². The predicted molar refractivity (Wildman–Crippen MR) is 123 cm³/mol. The Kier molecular flexibility index (Phi) is 6.92. The molecule has 1 aliphatic heterocycles. The number of carbonyl (C=O) groups excluding carboxylic acids is 1. The van der Waals surface area contributed by atoms with Gasteiger partial charge in [-0.2, -0.15) is 0 Å². The Morgan fingerprint density at radius 2 is 1.97 bits per heavy atom. The second kappa shape index (κ2) is 10.0. The van der Waals surface area contributed by atoms with Gasteiger partial charge in [-0.3, -0.25) is 9.79 Å². The van der Waals surface area contributed by atoms with Crippen LogP contribution in [0.4, 0.5) is 0 Å². The number of nitrogens with zero attached hydrogens (tertiary/aromatic N) is 3. The minimum absolute atomic E-state index is 0.264. The Labute approximate surface area is 179 Å². The predicted octanol–water partition coefficient (Wildman–Crippen LogP) is 3.38. The molecule has 2 aromatic rings. The number of aliphatic imine (C=N–C) groups is 1. The maximum atomic E-state index is 12.8. The highest BCUT2D eigenvalue weighted by Crippen LogP contribution is 2.26. The average Bonchev–Trinajstić information content (AvgIpc) is 3.43. The van der Waals surface area contributed by atoms with E-state index in [0.29, 0.717) is 5.91 Å². The Morgan fingerprint density at radius 1 is 1.13 bits per heavy atom. The van der Waals surface area contributed by atoms with Gasteiger partial charge in [0.1, 0.15) is 0 Å². The van der Waals surface area contributed by atoms with Crippen molar-refractivity contribution in [3.8, 4) is 0 Å². The van der Waals surface area contributed by atoms with Gasteiger partial charge in [0.15, 0.2) is 5.96 Å². The molecule has 1 aromatic carbocycles. The monoisotopic (exact) mass is 409 g/mol. The molecule has 1 saturated carbocycles. The molecular weight excluding hydrogens is 374 g/mol. The molecule has 1 aromatic heterocycles. The van der Waals surface area contributed by atoms with Gasteiger partial charge in [0.25, 0.3) is 0 Å². The van der Waals surface area contributed by atoms with Crippen LogP contribution in [0.3, 0.4) is 0 Å². The zero-order chi connectivity index (χ0) is 20.8. The average molecular weight is 410 g/mol. The van der Waals surface area contributed by atoms with Crippen LogP contribution in [0.1, 0.15) is 44.9 Å². The lowest BCUT2D eigenvalue weighted by Gasteiger charge is -2.26. The van der Waals surface area contributed by atoms with Crippen LogP contribution in [0, 0.1) is 5.92 Å². The third kappa shape index (κ3) is 4.97. The molecule has 0 radical (unpaired) electrons. The molecule has 6 nitrogen and oxygen atoms in total. The molecule has 6 heteroatoms. The number of aromatic nitrogens is 1. The van der Waals surface area contributed by atoms with Crippen LogP contribution in [0.25, 0.3) is 10.9 Å². The van der Waals surface area contributed by atoms with E-state index in [1.54, 1.807) is 0 Å². The second-order valence-electron chi connectivity index (χ2n) is 8.67. The quantitative estimate of drug-likeness (QED) is 0.437. The van der Waals surface area contributed by atoms with E-state index in [4.69, 9.17) is 0 Å². The summed E-state index contributed by atoms with van der Waals surface area (Å²) in [5.74, 6) is 1.48. The van der Waals surface area contributed by atoms with Gasteiger partial charge in [-0.05, 0) is 43.2 Å². The van der Waals surface area contributed by atoms with Crippen molar-refractivity contribution in [3.63, 3.8) is 0 Å². The van der Waals surface area contributed by atoms with E-state index in [-0.39, 0.29) is 12.0 Å². The maximum Gasteiger partial charge on any atom is 0.225 e. The minimum Gasteiger partial charge on any atom is -0.356 e. The molecule has 2 N–H and O–H groups in total. The molecule has 30 heavy (non-hydrogen) atoms. The molecule has 4 rings (SSSR count). The van der Waals surface area contributed by atoms with Crippen LogP contribution >= 0.6 is 0 Å². The first-order valence-electron chi connectivity index (χ1n) is 11.5. The van der Waals surface area contributed by atoms with Crippen LogP contribution in [-0.2, 0) is 11.3 Å². The van der Waals surface area contributed by atoms with Crippen molar-refractivity contribution in [2.45, 2.75) is 57.5 Å². The number of hydrogen-bond donors (Lipinski definition) is 2. The summed E-state index contributed by atoms with van der Waals surface area (Å²) >= 11 is 0. The van der Waals surface area contributed by atoms with Crippen molar-refractivity contribution >= 4 is 22.8 Å². The highest BCUT2D eigenvalue weighted by atomic mass is 16.2. The first kappa shape index (κ1) is 20.8. The van der Waals surface area contributed by atoms with E-state index in [2.05, 4.69) is 61.6 Å². The Balaban J connectivity index is 1.19.